The van der Waals surface area contributed by atoms with Crippen molar-refractivity contribution in [3.8, 4) is 11.4 Å². The Balaban J connectivity index is 1.78. The van der Waals surface area contributed by atoms with E-state index in [2.05, 4.69) is 31.3 Å². The molecule has 0 saturated carbocycles. The maximum Gasteiger partial charge on any atom is 0.168 e. The number of rotatable bonds is 4. The molecule has 0 spiro atoms. The molecular formula is C22H23N3O2. The largest absolute Gasteiger partial charge is 0.497 e. The van der Waals surface area contributed by atoms with Crippen molar-refractivity contribution in [1.82, 2.24) is 9.78 Å². The lowest BCUT2D eigenvalue weighted by Gasteiger charge is -2.14. The van der Waals surface area contributed by atoms with Crippen molar-refractivity contribution in [2.24, 2.45) is 0 Å². The zero-order chi connectivity index (χ0) is 19.0. The van der Waals surface area contributed by atoms with Crippen molar-refractivity contribution in [1.29, 1.82) is 0 Å². The third-order valence-electron chi connectivity index (χ3n) is 5.16. The topological polar surface area (TPSA) is 56.1 Å². The number of aromatic nitrogens is 2. The van der Waals surface area contributed by atoms with E-state index in [1.165, 1.54) is 11.1 Å². The first kappa shape index (κ1) is 17.3. The van der Waals surface area contributed by atoms with Gasteiger partial charge in [-0.05, 0) is 74.2 Å². The summed E-state index contributed by atoms with van der Waals surface area (Å²) in [5.41, 5.74) is 6.00. The maximum absolute atomic E-state index is 12.6. The number of aryl methyl sites for hydroxylation is 2. The van der Waals surface area contributed by atoms with Crippen LogP contribution in [0.1, 0.15) is 40.0 Å². The lowest BCUT2D eigenvalue weighted by molar-refractivity contribution is 0.0973. The van der Waals surface area contributed by atoms with Crippen molar-refractivity contribution >= 4 is 17.3 Å². The van der Waals surface area contributed by atoms with Gasteiger partial charge in [0.2, 0.25) is 0 Å². The molecule has 3 aromatic rings. The zero-order valence-electron chi connectivity index (χ0n) is 15.9. The number of anilines is 2. The van der Waals surface area contributed by atoms with Gasteiger partial charge in [-0.25, -0.2) is 4.68 Å². The van der Waals surface area contributed by atoms with Crippen molar-refractivity contribution < 1.29 is 9.53 Å². The van der Waals surface area contributed by atoms with E-state index in [0.29, 0.717) is 12.2 Å². The number of ketones is 1. The molecule has 0 bridgehead atoms. The summed E-state index contributed by atoms with van der Waals surface area (Å²) in [4.78, 5) is 12.6. The third kappa shape index (κ3) is 3.21. The highest BCUT2D eigenvalue weighted by molar-refractivity contribution is 6.03. The number of nitrogens with zero attached hydrogens (tertiary/aromatic N) is 2. The maximum atomic E-state index is 12.6. The third-order valence-corrected chi connectivity index (χ3v) is 5.16. The van der Waals surface area contributed by atoms with Crippen molar-refractivity contribution in [3.63, 3.8) is 0 Å². The highest BCUT2D eigenvalue weighted by Gasteiger charge is 2.27. The summed E-state index contributed by atoms with van der Waals surface area (Å²) in [5.74, 6) is 1.58. The molecule has 0 atom stereocenters. The van der Waals surface area contributed by atoms with E-state index >= 15 is 0 Å². The molecule has 1 aliphatic rings. The molecule has 0 saturated heterocycles. The van der Waals surface area contributed by atoms with E-state index in [9.17, 15) is 4.79 Å². The number of ether oxygens (including phenoxy) is 1. The Morgan fingerprint density at radius 2 is 1.81 bits per heavy atom. The fraction of sp³-hybridized carbons (Fsp3) is 0.273. The van der Waals surface area contributed by atoms with Crippen LogP contribution in [0.2, 0.25) is 0 Å². The summed E-state index contributed by atoms with van der Waals surface area (Å²) in [5, 5.41) is 8.13. The molecule has 1 aliphatic carbocycles. The molecule has 138 valence electrons. The predicted octanol–water partition coefficient (Wildman–Crippen LogP) is 4.76. The fourth-order valence-corrected chi connectivity index (χ4v) is 3.50. The van der Waals surface area contributed by atoms with Gasteiger partial charge < -0.3 is 10.1 Å². The minimum atomic E-state index is 0.155. The Kier molecular flexibility index (Phi) is 4.44. The Labute approximate surface area is 159 Å². The molecule has 27 heavy (non-hydrogen) atoms. The molecule has 0 fully saturated rings. The molecule has 1 heterocycles. The summed E-state index contributed by atoms with van der Waals surface area (Å²) >= 11 is 0. The fourth-order valence-electron chi connectivity index (χ4n) is 3.50. The highest BCUT2D eigenvalue weighted by Crippen LogP contribution is 2.32. The average Bonchev–Trinajstić information content (AvgIpc) is 3.04. The molecule has 4 rings (SSSR count). The van der Waals surface area contributed by atoms with Crippen LogP contribution in [0, 0.1) is 13.8 Å². The number of carbonyl (C=O) groups excluding carboxylic acids is 1. The van der Waals surface area contributed by atoms with E-state index in [1.807, 2.05) is 35.0 Å². The first-order valence-corrected chi connectivity index (χ1v) is 9.20. The van der Waals surface area contributed by atoms with Crippen molar-refractivity contribution in [3.05, 3.63) is 64.8 Å². The van der Waals surface area contributed by atoms with Gasteiger partial charge in [0.15, 0.2) is 11.6 Å². The number of hydrogen-bond donors (Lipinski definition) is 1. The molecule has 0 radical (unpaired) electrons. The highest BCUT2D eigenvalue weighted by atomic mass is 16.5. The van der Waals surface area contributed by atoms with Crippen LogP contribution in [0.25, 0.3) is 5.69 Å². The second kappa shape index (κ2) is 6.91. The number of fused-ring (bicyclic) bond motifs is 1. The lowest BCUT2D eigenvalue weighted by atomic mass is 9.95. The zero-order valence-corrected chi connectivity index (χ0v) is 15.9. The second-order valence-electron chi connectivity index (χ2n) is 6.98. The number of benzene rings is 2. The van der Waals surface area contributed by atoms with Gasteiger partial charge in [-0.3, -0.25) is 4.79 Å². The summed E-state index contributed by atoms with van der Waals surface area (Å²) in [7, 11) is 1.65. The van der Waals surface area contributed by atoms with Gasteiger partial charge in [-0.2, -0.15) is 0 Å². The standard InChI is InChI=1S/C22H23N3O2/c1-14-7-8-16(13-15(14)2)23-22-21-19(5-4-6-20(21)26)25(24-22)17-9-11-18(27-3)12-10-17/h7-13H,4-6H2,1-3H3,(H,23,24). The van der Waals surface area contributed by atoms with Gasteiger partial charge in [0, 0.05) is 12.1 Å². The minimum Gasteiger partial charge on any atom is -0.497 e. The summed E-state index contributed by atoms with van der Waals surface area (Å²) in [6.45, 7) is 4.17. The predicted molar refractivity (Wildman–Crippen MR) is 107 cm³/mol. The second-order valence-corrected chi connectivity index (χ2v) is 6.98. The van der Waals surface area contributed by atoms with Crippen LogP contribution in [-0.4, -0.2) is 22.7 Å². The summed E-state index contributed by atoms with van der Waals surface area (Å²) in [6, 6.07) is 13.9. The SMILES string of the molecule is COc1ccc(-n2nc(Nc3ccc(C)c(C)c3)c3c2CCCC3=O)cc1. The summed E-state index contributed by atoms with van der Waals surface area (Å²) < 4.78 is 7.13. The number of carbonyl (C=O) groups is 1. The first-order valence-electron chi connectivity index (χ1n) is 9.20. The van der Waals surface area contributed by atoms with E-state index in [1.54, 1.807) is 7.11 Å². The monoisotopic (exact) mass is 361 g/mol. The number of hydrogen-bond acceptors (Lipinski definition) is 4. The van der Waals surface area contributed by atoms with Gasteiger partial charge >= 0.3 is 0 Å². The van der Waals surface area contributed by atoms with Crippen LogP contribution in [0.4, 0.5) is 11.5 Å². The van der Waals surface area contributed by atoms with Gasteiger partial charge in [0.1, 0.15) is 5.75 Å². The van der Waals surface area contributed by atoms with Crippen molar-refractivity contribution in [2.75, 3.05) is 12.4 Å². The quantitative estimate of drug-likeness (QED) is 0.728. The van der Waals surface area contributed by atoms with E-state index in [0.717, 1.165) is 41.2 Å². The average molecular weight is 361 g/mol. The first-order chi connectivity index (χ1) is 13.1. The molecule has 0 amide bonds. The van der Waals surface area contributed by atoms with Gasteiger partial charge in [-0.1, -0.05) is 6.07 Å². The molecular weight excluding hydrogens is 338 g/mol. The summed E-state index contributed by atoms with van der Waals surface area (Å²) in [6.07, 6.45) is 2.27. The Morgan fingerprint density at radius 1 is 1.04 bits per heavy atom. The van der Waals surface area contributed by atoms with Gasteiger partial charge in [0.05, 0.1) is 24.1 Å². The van der Waals surface area contributed by atoms with Gasteiger partial charge in [-0.15, -0.1) is 5.10 Å². The van der Waals surface area contributed by atoms with E-state index in [-0.39, 0.29) is 5.78 Å². The Bertz CT molecular complexity index is 1000. The van der Waals surface area contributed by atoms with Crippen LogP contribution >= 0.6 is 0 Å². The van der Waals surface area contributed by atoms with Crippen LogP contribution in [-0.2, 0) is 6.42 Å². The molecule has 0 unspecified atom stereocenters. The van der Waals surface area contributed by atoms with E-state index < -0.39 is 0 Å². The minimum absolute atomic E-state index is 0.155. The van der Waals surface area contributed by atoms with Crippen molar-refractivity contribution in [2.45, 2.75) is 33.1 Å². The Morgan fingerprint density at radius 3 is 2.52 bits per heavy atom. The Hall–Kier alpha value is -3.08. The lowest BCUT2D eigenvalue weighted by Crippen LogP contribution is -2.13. The van der Waals surface area contributed by atoms with Crippen LogP contribution < -0.4 is 10.1 Å². The molecule has 0 aliphatic heterocycles. The van der Waals surface area contributed by atoms with Gasteiger partial charge in [0.25, 0.3) is 0 Å². The van der Waals surface area contributed by atoms with Crippen LogP contribution in [0.5, 0.6) is 5.75 Å². The van der Waals surface area contributed by atoms with E-state index in [4.69, 9.17) is 9.84 Å². The normalized spacial score (nSPS) is 13.4. The molecule has 1 aromatic heterocycles. The smallest absolute Gasteiger partial charge is 0.168 e. The molecule has 5 heteroatoms. The number of Topliss-reactive ketones (excluding diaryl/α,β-unsaturated/α-hetero) is 1. The number of methoxy groups -OCH3 is 1. The van der Waals surface area contributed by atoms with Crippen LogP contribution in [0.3, 0.4) is 0 Å². The number of nitrogens with one attached hydrogen (secondary N) is 1. The van der Waals surface area contributed by atoms with Crippen LogP contribution in [0.15, 0.2) is 42.5 Å². The molecule has 2 aromatic carbocycles. The molecule has 5 nitrogen and oxygen atoms in total. The molecule has 1 N–H and O–H groups in total.